The van der Waals surface area contributed by atoms with Gasteiger partial charge in [0, 0.05) is 26.2 Å². The summed E-state index contributed by atoms with van der Waals surface area (Å²) in [5.41, 5.74) is 1.89. The minimum absolute atomic E-state index is 0.0854. The zero-order valence-corrected chi connectivity index (χ0v) is 15.6. The van der Waals surface area contributed by atoms with Gasteiger partial charge in [0.25, 0.3) is 0 Å². The highest BCUT2D eigenvalue weighted by Gasteiger charge is 2.30. The van der Waals surface area contributed by atoms with Gasteiger partial charge in [0.1, 0.15) is 0 Å². The molecular weight excluding hydrogens is 338 g/mol. The fraction of sp³-hybridized carbons (Fsp3) is 0.611. The first-order valence-corrected chi connectivity index (χ1v) is 10.9. The summed E-state index contributed by atoms with van der Waals surface area (Å²) >= 11 is 0. The average molecular weight is 365 g/mol. The van der Waals surface area contributed by atoms with Crippen LogP contribution in [0.5, 0.6) is 0 Å². The molecule has 0 aliphatic carbocycles. The second-order valence-electron chi connectivity index (χ2n) is 7.01. The highest BCUT2D eigenvalue weighted by atomic mass is 32.2. The molecule has 2 fully saturated rings. The van der Waals surface area contributed by atoms with Crippen LogP contribution in [0.25, 0.3) is 0 Å². The summed E-state index contributed by atoms with van der Waals surface area (Å²) in [5, 5.41) is 3.05. The van der Waals surface area contributed by atoms with E-state index in [9.17, 15) is 13.2 Å². The van der Waals surface area contributed by atoms with E-state index in [-0.39, 0.29) is 18.4 Å². The van der Waals surface area contributed by atoms with Crippen LogP contribution in [0, 0.1) is 5.92 Å². The van der Waals surface area contributed by atoms with Gasteiger partial charge in [-0.25, -0.2) is 12.7 Å². The van der Waals surface area contributed by atoms with Crippen LogP contribution in [0.2, 0.25) is 0 Å². The monoisotopic (exact) mass is 365 g/mol. The summed E-state index contributed by atoms with van der Waals surface area (Å²) in [5.74, 6) is -0.379. The number of para-hydroxylation sites is 2. The first-order valence-electron chi connectivity index (χ1n) is 9.05. The Bertz CT molecular complexity index is 714. The Labute approximate surface area is 150 Å². The molecule has 6 nitrogen and oxygen atoms in total. The van der Waals surface area contributed by atoms with Crippen molar-refractivity contribution in [1.29, 1.82) is 0 Å². The first-order chi connectivity index (χ1) is 11.9. The van der Waals surface area contributed by atoms with E-state index in [4.69, 9.17) is 0 Å². The van der Waals surface area contributed by atoms with Crippen LogP contribution in [0.1, 0.15) is 32.1 Å². The van der Waals surface area contributed by atoms with Gasteiger partial charge in [0.2, 0.25) is 15.9 Å². The fourth-order valence-corrected chi connectivity index (χ4v) is 4.59. The Hall–Kier alpha value is -1.60. The van der Waals surface area contributed by atoms with Crippen molar-refractivity contribution < 1.29 is 13.2 Å². The van der Waals surface area contributed by atoms with E-state index < -0.39 is 10.0 Å². The van der Waals surface area contributed by atoms with Crippen LogP contribution in [0.4, 0.5) is 11.4 Å². The maximum absolute atomic E-state index is 12.7. The summed E-state index contributed by atoms with van der Waals surface area (Å²) in [6.45, 7) is 2.81. The number of nitrogens with one attached hydrogen (secondary N) is 1. The molecule has 2 aliphatic heterocycles. The topological polar surface area (TPSA) is 69.7 Å². The number of nitrogens with zero attached hydrogens (tertiary/aromatic N) is 2. The predicted molar refractivity (Wildman–Crippen MR) is 100 cm³/mol. The van der Waals surface area contributed by atoms with Crippen molar-refractivity contribution in [3.63, 3.8) is 0 Å². The highest BCUT2D eigenvalue weighted by molar-refractivity contribution is 7.88. The van der Waals surface area contributed by atoms with Gasteiger partial charge >= 0.3 is 0 Å². The van der Waals surface area contributed by atoms with Crippen molar-refractivity contribution in [2.45, 2.75) is 32.1 Å². The Kier molecular flexibility index (Phi) is 5.64. The van der Waals surface area contributed by atoms with Gasteiger partial charge in [-0.05, 0) is 44.2 Å². The molecule has 0 aromatic heterocycles. The molecule has 0 saturated carbocycles. The molecule has 2 saturated heterocycles. The smallest absolute Gasteiger partial charge is 0.228 e. The summed E-state index contributed by atoms with van der Waals surface area (Å²) in [7, 11) is -3.25. The number of hydrogen-bond donors (Lipinski definition) is 1. The van der Waals surface area contributed by atoms with Crippen molar-refractivity contribution in [2.75, 3.05) is 42.7 Å². The molecule has 1 aromatic rings. The molecule has 1 amide bonds. The number of benzene rings is 1. The van der Waals surface area contributed by atoms with Crippen LogP contribution in [-0.2, 0) is 14.8 Å². The van der Waals surface area contributed by atoms with Crippen LogP contribution >= 0.6 is 0 Å². The Morgan fingerprint density at radius 2 is 1.80 bits per heavy atom. The Balaban J connectivity index is 1.70. The van der Waals surface area contributed by atoms with Crippen LogP contribution in [0.3, 0.4) is 0 Å². The number of carbonyl (C=O) groups excluding carboxylic acids is 1. The van der Waals surface area contributed by atoms with Gasteiger partial charge in [-0.2, -0.15) is 0 Å². The number of rotatable bonds is 4. The minimum Gasteiger partial charge on any atom is -0.370 e. The molecule has 7 heteroatoms. The Morgan fingerprint density at radius 3 is 2.52 bits per heavy atom. The third-order valence-electron chi connectivity index (χ3n) is 5.08. The van der Waals surface area contributed by atoms with Crippen LogP contribution < -0.4 is 10.2 Å². The molecule has 1 unspecified atom stereocenters. The van der Waals surface area contributed by atoms with Gasteiger partial charge in [0.05, 0.1) is 23.5 Å². The second kappa shape index (κ2) is 7.74. The molecular formula is C18H27N3O3S. The van der Waals surface area contributed by atoms with Gasteiger partial charge in [-0.3, -0.25) is 4.79 Å². The number of hydrogen-bond acceptors (Lipinski definition) is 4. The molecule has 1 atom stereocenters. The molecule has 1 aromatic carbocycles. The van der Waals surface area contributed by atoms with Crippen molar-refractivity contribution in [1.82, 2.24) is 4.31 Å². The minimum atomic E-state index is -3.25. The number of carbonyl (C=O) groups is 1. The number of sulfonamides is 1. The van der Waals surface area contributed by atoms with Gasteiger partial charge in [-0.1, -0.05) is 12.1 Å². The highest BCUT2D eigenvalue weighted by Crippen LogP contribution is 2.29. The summed E-state index contributed by atoms with van der Waals surface area (Å²) in [6, 6.07) is 7.89. The lowest BCUT2D eigenvalue weighted by Gasteiger charge is -2.32. The summed E-state index contributed by atoms with van der Waals surface area (Å²) in [4.78, 5) is 15.0. The lowest BCUT2D eigenvalue weighted by molar-refractivity contribution is -0.120. The SMILES string of the molecule is CS(=O)(=O)N1CCCC(C(=O)Nc2ccccc2N2CCCCC2)C1. The molecule has 3 rings (SSSR count). The normalized spacial score (nSPS) is 22.6. The van der Waals surface area contributed by atoms with E-state index in [1.54, 1.807) is 0 Å². The van der Waals surface area contributed by atoms with E-state index in [0.29, 0.717) is 6.54 Å². The zero-order valence-electron chi connectivity index (χ0n) is 14.8. The van der Waals surface area contributed by atoms with Gasteiger partial charge < -0.3 is 10.2 Å². The average Bonchev–Trinajstić information content (AvgIpc) is 2.62. The molecule has 2 aliphatic rings. The largest absolute Gasteiger partial charge is 0.370 e. The maximum Gasteiger partial charge on any atom is 0.228 e. The number of amides is 1. The summed E-state index contributed by atoms with van der Waals surface area (Å²) in [6.07, 6.45) is 6.26. The van der Waals surface area contributed by atoms with Gasteiger partial charge in [-0.15, -0.1) is 0 Å². The van der Waals surface area contributed by atoms with Crippen molar-refractivity contribution in [3.05, 3.63) is 24.3 Å². The van der Waals surface area contributed by atoms with E-state index in [1.807, 2.05) is 24.3 Å². The van der Waals surface area contributed by atoms with Crippen LogP contribution in [0.15, 0.2) is 24.3 Å². The van der Waals surface area contributed by atoms with Crippen molar-refractivity contribution in [3.8, 4) is 0 Å². The molecule has 2 heterocycles. The third kappa shape index (κ3) is 4.52. The lowest BCUT2D eigenvalue weighted by Crippen LogP contribution is -2.43. The Morgan fingerprint density at radius 1 is 1.08 bits per heavy atom. The second-order valence-corrected chi connectivity index (χ2v) is 9.00. The van der Waals surface area contributed by atoms with Gasteiger partial charge in [0.15, 0.2) is 0 Å². The summed E-state index contributed by atoms with van der Waals surface area (Å²) < 4.78 is 24.9. The molecule has 138 valence electrons. The molecule has 25 heavy (non-hydrogen) atoms. The van der Waals surface area contributed by atoms with Crippen LogP contribution in [-0.4, -0.2) is 51.1 Å². The fourth-order valence-electron chi connectivity index (χ4n) is 3.68. The lowest BCUT2D eigenvalue weighted by atomic mass is 9.98. The van der Waals surface area contributed by atoms with E-state index in [1.165, 1.54) is 29.8 Å². The van der Waals surface area contributed by atoms with E-state index >= 15 is 0 Å². The zero-order chi connectivity index (χ0) is 17.9. The molecule has 0 spiro atoms. The van der Waals surface area contributed by atoms with E-state index in [2.05, 4.69) is 10.2 Å². The number of piperidine rings is 2. The standard InChI is InChI=1S/C18H27N3O3S/c1-25(23,24)21-13-7-8-15(14-21)18(22)19-16-9-3-4-10-17(16)20-11-5-2-6-12-20/h3-4,9-10,15H,2,5-8,11-14H2,1H3,(H,19,22). The molecule has 1 N–H and O–H groups in total. The van der Waals surface area contributed by atoms with Crippen molar-refractivity contribution >= 4 is 27.3 Å². The maximum atomic E-state index is 12.7. The third-order valence-corrected chi connectivity index (χ3v) is 6.35. The number of anilines is 2. The predicted octanol–water partition coefficient (Wildman–Crippen LogP) is 2.29. The molecule has 0 radical (unpaired) electrons. The van der Waals surface area contributed by atoms with Crippen molar-refractivity contribution in [2.24, 2.45) is 5.92 Å². The first kappa shape index (κ1) is 18.2. The molecule has 0 bridgehead atoms. The quantitative estimate of drug-likeness (QED) is 0.889. The van der Waals surface area contributed by atoms with E-state index in [0.717, 1.165) is 37.3 Å².